The molecule has 0 spiro atoms. The lowest BCUT2D eigenvalue weighted by molar-refractivity contribution is 1.18. The van der Waals surface area contributed by atoms with Gasteiger partial charge in [-0.25, -0.2) is 0 Å². The van der Waals surface area contributed by atoms with Crippen LogP contribution in [0.15, 0.2) is 218 Å². The van der Waals surface area contributed by atoms with Crippen molar-refractivity contribution in [3.05, 3.63) is 218 Å². The lowest BCUT2D eigenvalue weighted by atomic mass is 9.92. The Kier molecular flexibility index (Phi) is 8.04. The van der Waals surface area contributed by atoms with Crippen LogP contribution in [0.1, 0.15) is 0 Å². The summed E-state index contributed by atoms with van der Waals surface area (Å²) in [5, 5.41) is 5.11. The first-order valence-corrected chi connectivity index (χ1v) is 20.2. The first kappa shape index (κ1) is 33.2. The van der Waals surface area contributed by atoms with E-state index < -0.39 is 0 Å². The van der Waals surface area contributed by atoms with Crippen LogP contribution >= 0.6 is 11.3 Å². The van der Waals surface area contributed by atoms with Crippen molar-refractivity contribution in [1.82, 2.24) is 4.57 Å². The number of anilines is 3. The third kappa shape index (κ3) is 5.71. The molecule has 0 bridgehead atoms. The number of para-hydroxylation sites is 3. The summed E-state index contributed by atoms with van der Waals surface area (Å²) in [6.07, 6.45) is 0. The zero-order chi connectivity index (χ0) is 37.7. The third-order valence-electron chi connectivity index (χ3n) is 11.2. The summed E-state index contributed by atoms with van der Waals surface area (Å²) in [6, 6.07) is 79.4. The molecule has 11 rings (SSSR count). The molecule has 0 amide bonds. The second-order valence-electron chi connectivity index (χ2n) is 14.5. The molecule has 0 atom stereocenters. The molecule has 0 aliphatic rings. The van der Waals surface area contributed by atoms with Crippen molar-refractivity contribution in [1.29, 1.82) is 0 Å². The quantitative estimate of drug-likeness (QED) is 0.158. The van der Waals surface area contributed by atoms with Crippen molar-refractivity contribution >= 4 is 70.4 Å². The van der Waals surface area contributed by atoms with Crippen LogP contribution in [0.2, 0.25) is 0 Å². The highest BCUT2D eigenvalue weighted by atomic mass is 32.1. The minimum atomic E-state index is 1.10. The molecule has 0 saturated carbocycles. The van der Waals surface area contributed by atoms with Gasteiger partial charge in [0.15, 0.2) is 0 Å². The number of rotatable bonds is 7. The van der Waals surface area contributed by atoms with Crippen LogP contribution in [0.25, 0.3) is 81.0 Å². The largest absolute Gasteiger partial charge is 0.310 e. The fourth-order valence-electron chi connectivity index (χ4n) is 8.58. The topological polar surface area (TPSA) is 8.17 Å². The van der Waals surface area contributed by atoms with Gasteiger partial charge < -0.3 is 9.47 Å². The first-order valence-electron chi connectivity index (χ1n) is 19.4. The molecule has 3 heteroatoms. The van der Waals surface area contributed by atoms with Crippen LogP contribution in [0.5, 0.6) is 0 Å². The number of fused-ring (bicyclic) bond motifs is 6. The molecule has 0 unspecified atom stereocenters. The minimum Gasteiger partial charge on any atom is -0.310 e. The average molecular weight is 745 g/mol. The highest BCUT2D eigenvalue weighted by molar-refractivity contribution is 7.25. The van der Waals surface area contributed by atoms with Crippen LogP contribution in [0, 0.1) is 0 Å². The van der Waals surface area contributed by atoms with Gasteiger partial charge in [-0.2, -0.15) is 0 Å². The maximum atomic E-state index is 2.43. The molecule has 2 nitrogen and oxygen atoms in total. The van der Waals surface area contributed by atoms with E-state index >= 15 is 0 Å². The van der Waals surface area contributed by atoms with Crippen molar-refractivity contribution in [3.63, 3.8) is 0 Å². The molecule has 11 aromatic rings. The number of nitrogens with zero attached hydrogens (tertiary/aromatic N) is 2. The van der Waals surface area contributed by atoms with E-state index in [0.29, 0.717) is 0 Å². The SMILES string of the molecule is c1ccc(-c2ccc(N(c3ccc(-c4ccccc4-n4c5ccccc5c5ccccc54)c(-c4ccccc4)c3)c3ccc4c(c3)sc3ccccc34)cc2)cc1. The smallest absolute Gasteiger partial charge is 0.0541 e. The predicted octanol–water partition coefficient (Wildman–Crippen LogP) is 15.6. The van der Waals surface area contributed by atoms with Crippen LogP contribution in [-0.4, -0.2) is 4.57 Å². The fraction of sp³-hybridized carbons (Fsp3) is 0. The Morgan fingerprint density at radius 2 is 0.842 bits per heavy atom. The van der Waals surface area contributed by atoms with Crippen molar-refractivity contribution in [3.8, 4) is 39.1 Å². The summed E-state index contributed by atoms with van der Waals surface area (Å²) in [6.45, 7) is 0. The summed E-state index contributed by atoms with van der Waals surface area (Å²) in [4.78, 5) is 2.41. The number of aromatic nitrogens is 1. The van der Waals surface area contributed by atoms with Crippen LogP contribution in [0.3, 0.4) is 0 Å². The lowest BCUT2D eigenvalue weighted by Crippen LogP contribution is -2.10. The fourth-order valence-corrected chi connectivity index (χ4v) is 9.71. The van der Waals surface area contributed by atoms with Gasteiger partial charge in [-0.15, -0.1) is 11.3 Å². The molecular formula is C54H36N2S. The van der Waals surface area contributed by atoms with E-state index in [9.17, 15) is 0 Å². The molecule has 0 aliphatic heterocycles. The summed E-state index contributed by atoms with van der Waals surface area (Å²) >= 11 is 1.86. The Balaban J connectivity index is 1.12. The maximum Gasteiger partial charge on any atom is 0.0541 e. The Bertz CT molecular complexity index is 3180. The zero-order valence-corrected chi connectivity index (χ0v) is 31.9. The van der Waals surface area contributed by atoms with Crippen molar-refractivity contribution in [2.45, 2.75) is 0 Å². The summed E-state index contributed by atoms with van der Waals surface area (Å²) in [5.41, 5.74) is 14.0. The summed E-state index contributed by atoms with van der Waals surface area (Å²) in [7, 11) is 0. The normalized spacial score (nSPS) is 11.5. The first-order chi connectivity index (χ1) is 28.3. The zero-order valence-electron chi connectivity index (χ0n) is 31.1. The van der Waals surface area contributed by atoms with Crippen LogP contribution in [-0.2, 0) is 0 Å². The highest BCUT2D eigenvalue weighted by Gasteiger charge is 2.21. The molecule has 268 valence electrons. The third-order valence-corrected chi connectivity index (χ3v) is 12.3. The number of benzene rings is 9. The molecule has 57 heavy (non-hydrogen) atoms. The van der Waals surface area contributed by atoms with Crippen LogP contribution < -0.4 is 4.90 Å². The second kappa shape index (κ2) is 13.8. The van der Waals surface area contributed by atoms with Crippen molar-refractivity contribution < 1.29 is 0 Å². The molecule has 9 aromatic carbocycles. The predicted molar refractivity (Wildman–Crippen MR) is 245 cm³/mol. The van der Waals surface area contributed by atoms with Crippen LogP contribution in [0.4, 0.5) is 17.1 Å². The van der Waals surface area contributed by atoms with E-state index in [0.717, 1.165) is 22.7 Å². The van der Waals surface area contributed by atoms with E-state index in [4.69, 9.17) is 0 Å². The van der Waals surface area contributed by atoms with Gasteiger partial charge in [0, 0.05) is 53.6 Å². The monoisotopic (exact) mass is 744 g/mol. The van der Waals surface area contributed by atoms with E-state index in [1.54, 1.807) is 0 Å². The molecule has 2 aromatic heterocycles. The number of hydrogen-bond donors (Lipinski definition) is 0. The van der Waals surface area contributed by atoms with E-state index in [1.807, 2.05) is 11.3 Å². The van der Waals surface area contributed by atoms with Crippen molar-refractivity contribution in [2.24, 2.45) is 0 Å². The van der Waals surface area contributed by atoms with Gasteiger partial charge >= 0.3 is 0 Å². The number of thiophene rings is 1. The second-order valence-corrected chi connectivity index (χ2v) is 15.6. The number of hydrogen-bond acceptors (Lipinski definition) is 2. The van der Waals surface area contributed by atoms with E-state index in [2.05, 4.69) is 228 Å². The van der Waals surface area contributed by atoms with Gasteiger partial charge in [-0.05, 0) is 88.5 Å². The van der Waals surface area contributed by atoms with E-state index in [-0.39, 0.29) is 0 Å². The highest BCUT2D eigenvalue weighted by Crippen LogP contribution is 2.45. The maximum absolute atomic E-state index is 2.43. The van der Waals surface area contributed by atoms with Gasteiger partial charge in [-0.3, -0.25) is 0 Å². The Morgan fingerprint density at radius 3 is 1.58 bits per heavy atom. The Morgan fingerprint density at radius 1 is 0.316 bits per heavy atom. The van der Waals surface area contributed by atoms with E-state index in [1.165, 1.54) is 75.4 Å². The lowest BCUT2D eigenvalue weighted by Gasteiger charge is -2.27. The Hall–Kier alpha value is -7.20. The summed E-state index contributed by atoms with van der Waals surface area (Å²) < 4.78 is 5.02. The Labute approximate surface area is 335 Å². The van der Waals surface area contributed by atoms with Gasteiger partial charge in [0.1, 0.15) is 0 Å². The van der Waals surface area contributed by atoms with Gasteiger partial charge in [-0.1, -0.05) is 158 Å². The average Bonchev–Trinajstić information content (AvgIpc) is 3.83. The molecule has 0 radical (unpaired) electrons. The molecule has 0 saturated heterocycles. The van der Waals surface area contributed by atoms with Crippen molar-refractivity contribution in [2.75, 3.05) is 4.90 Å². The molecule has 2 heterocycles. The minimum absolute atomic E-state index is 1.10. The van der Waals surface area contributed by atoms with Gasteiger partial charge in [0.25, 0.3) is 0 Å². The molecular weight excluding hydrogens is 709 g/mol. The molecule has 0 fully saturated rings. The standard InChI is InChI=1S/C54H36N2S/c1-3-15-37(16-4-1)38-27-29-40(30-28-38)55(42-32-34-48-47-22-10-14-26-53(47)57-54(48)36-42)41-31-33-43(49(35-41)39-17-5-2-6-18-39)44-19-7-11-23-50(44)56-51-24-12-8-20-45(51)46-21-9-13-25-52(46)56/h1-36H. The summed E-state index contributed by atoms with van der Waals surface area (Å²) in [5.74, 6) is 0. The van der Waals surface area contributed by atoms with Gasteiger partial charge in [0.2, 0.25) is 0 Å². The molecule has 0 aliphatic carbocycles. The molecule has 0 N–H and O–H groups in total. The van der Waals surface area contributed by atoms with Gasteiger partial charge in [0.05, 0.1) is 16.7 Å².